The lowest BCUT2D eigenvalue weighted by atomic mass is 10.00. The van der Waals surface area contributed by atoms with Crippen LogP contribution in [0.3, 0.4) is 0 Å². The highest BCUT2D eigenvalue weighted by Crippen LogP contribution is 2.16. The Hall–Kier alpha value is -1.12. The molecule has 0 fully saturated rings. The average Bonchev–Trinajstić information content (AvgIpc) is 2.40. The predicted molar refractivity (Wildman–Crippen MR) is 72.9 cm³/mol. The number of hydrogen-bond donors (Lipinski definition) is 1. The molecule has 92 valence electrons. The van der Waals surface area contributed by atoms with E-state index in [0.717, 1.165) is 19.6 Å². The van der Waals surface area contributed by atoms with E-state index in [2.05, 4.69) is 48.2 Å². The third-order valence-electron chi connectivity index (χ3n) is 3.45. The molecular weight excluding hydrogens is 208 g/mol. The van der Waals surface area contributed by atoms with E-state index < -0.39 is 0 Å². The van der Waals surface area contributed by atoms with Gasteiger partial charge in [0.15, 0.2) is 0 Å². The summed E-state index contributed by atoms with van der Waals surface area (Å²) in [5.74, 6) is 0.460. The van der Waals surface area contributed by atoms with E-state index >= 15 is 0 Å². The fourth-order valence-electron chi connectivity index (χ4n) is 2.18. The van der Waals surface area contributed by atoms with E-state index in [4.69, 9.17) is 5.73 Å². The Labute approximate surface area is 104 Å². The Bertz CT molecular complexity index is 367. The molecule has 0 radical (unpaired) electrons. The van der Waals surface area contributed by atoms with Crippen molar-refractivity contribution in [3.05, 3.63) is 47.5 Å². The van der Waals surface area contributed by atoms with Crippen molar-refractivity contribution in [2.45, 2.75) is 25.8 Å². The Morgan fingerprint density at radius 1 is 1.24 bits per heavy atom. The van der Waals surface area contributed by atoms with Crippen LogP contribution in [0.2, 0.25) is 0 Å². The number of hydrogen-bond acceptors (Lipinski definition) is 2. The van der Waals surface area contributed by atoms with E-state index in [1.165, 1.54) is 24.1 Å². The second-order valence-electron chi connectivity index (χ2n) is 4.87. The van der Waals surface area contributed by atoms with Gasteiger partial charge >= 0.3 is 0 Å². The summed E-state index contributed by atoms with van der Waals surface area (Å²) >= 11 is 0. The molecule has 2 heteroatoms. The van der Waals surface area contributed by atoms with Gasteiger partial charge in [0.25, 0.3) is 0 Å². The molecule has 1 aromatic rings. The summed E-state index contributed by atoms with van der Waals surface area (Å²) in [5.41, 5.74) is 8.41. The summed E-state index contributed by atoms with van der Waals surface area (Å²) in [4.78, 5) is 2.47. The molecule has 1 aliphatic heterocycles. The van der Waals surface area contributed by atoms with Crippen LogP contribution < -0.4 is 5.73 Å². The minimum Gasteiger partial charge on any atom is -0.330 e. The van der Waals surface area contributed by atoms with Gasteiger partial charge in [-0.3, -0.25) is 4.90 Å². The minimum atomic E-state index is 0.460. The summed E-state index contributed by atoms with van der Waals surface area (Å²) in [6.07, 6.45) is 5.71. The van der Waals surface area contributed by atoms with Gasteiger partial charge in [-0.2, -0.15) is 0 Å². The van der Waals surface area contributed by atoms with Crippen LogP contribution in [-0.2, 0) is 6.54 Å². The molecule has 1 unspecified atom stereocenters. The van der Waals surface area contributed by atoms with Crippen LogP contribution >= 0.6 is 0 Å². The third-order valence-corrected chi connectivity index (χ3v) is 3.45. The first kappa shape index (κ1) is 12.3. The molecule has 2 rings (SSSR count). The molecular formula is C15H22N2. The van der Waals surface area contributed by atoms with Crippen molar-refractivity contribution in [2.75, 3.05) is 19.6 Å². The molecule has 2 nitrogen and oxygen atoms in total. The maximum atomic E-state index is 5.68. The Balaban J connectivity index is 1.95. The first-order chi connectivity index (χ1) is 8.29. The fraction of sp³-hybridized carbons (Fsp3) is 0.467. The summed E-state index contributed by atoms with van der Waals surface area (Å²) in [7, 11) is 0. The first-order valence-corrected chi connectivity index (χ1v) is 6.46. The van der Waals surface area contributed by atoms with Gasteiger partial charge in [-0.1, -0.05) is 43.3 Å². The van der Waals surface area contributed by atoms with Crippen LogP contribution in [0.25, 0.3) is 0 Å². The second-order valence-corrected chi connectivity index (χ2v) is 4.87. The standard InChI is InChI=1S/C15H22N2/c1-13(11-16)15-7-5-14(6-8-15)12-17-9-3-2-4-10-17/h2-3,5-8,13H,4,9-12,16H2,1H3. The smallest absolute Gasteiger partial charge is 0.0237 e. The van der Waals surface area contributed by atoms with Crippen molar-refractivity contribution in [1.29, 1.82) is 0 Å². The van der Waals surface area contributed by atoms with E-state index in [9.17, 15) is 0 Å². The van der Waals surface area contributed by atoms with Gasteiger partial charge in [0.2, 0.25) is 0 Å². The highest BCUT2D eigenvalue weighted by molar-refractivity contribution is 5.25. The zero-order valence-corrected chi connectivity index (χ0v) is 10.6. The molecule has 0 amide bonds. The Morgan fingerprint density at radius 3 is 2.59 bits per heavy atom. The van der Waals surface area contributed by atoms with Crippen molar-refractivity contribution >= 4 is 0 Å². The SMILES string of the molecule is CC(CN)c1ccc(CN2CC=CCC2)cc1. The van der Waals surface area contributed by atoms with Crippen molar-refractivity contribution in [3.63, 3.8) is 0 Å². The topological polar surface area (TPSA) is 29.3 Å². The molecule has 1 atom stereocenters. The normalized spacial score (nSPS) is 18.2. The molecule has 17 heavy (non-hydrogen) atoms. The predicted octanol–water partition coefficient (Wildman–Crippen LogP) is 2.51. The van der Waals surface area contributed by atoms with Crippen LogP contribution in [0, 0.1) is 0 Å². The molecule has 2 N–H and O–H groups in total. The first-order valence-electron chi connectivity index (χ1n) is 6.46. The molecule has 1 aliphatic rings. The number of nitrogens with zero attached hydrogens (tertiary/aromatic N) is 1. The lowest BCUT2D eigenvalue weighted by Crippen LogP contribution is -2.26. The van der Waals surface area contributed by atoms with Gasteiger partial charge in [-0.25, -0.2) is 0 Å². The van der Waals surface area contributed by atoms with Crippen LogP contribution in [0.1, 0.15) is 30.4 Å². The van der Waals surface area contributed by atoms with E-state index in [0.29, 0.717) is 5.92 Å². The Morgan fingerprint density at radius 2 is 2.00 bits per heavy atom. The quantitative estimate of drug-likeness (QED) is 0.805. The van der Waals surface area contributed by atoms with E-state index in [1.807, 2.05) is 0 Å². The zero-order valence-electron chi connectivity index (χ0n) is 10.6. The molecule has 0 bridgehead atoms. The van der Waals surface area contributed by atoms with Gasteiger partial charge in [0.05, 0.1) is 0 Å². The molecule has 0 aliphatic carbocycles. The van der Waals surface area contributed by atoms with Crippen molar-refractivity contribution in [2.24, 2.45) is 5.73 Å². The van der Waals surface area contributed by atoms with Crippen LogP contribution in [0.4, 0.5) is 0 Å². The summed E-state index contributed by atoms with van der Waals surface area (Å²) in [6, 6.07) is 8.90. The number of benzene rings is 1. The average molecular weight is 230 g/mol. The van der Waals surface area contributed by atoms with E-state index in [-0.39, 0.29) is 0 Å². The maximum absolute atomic E-state index is 5.68. The maximum Gasteiger partial charge on any atom is 0.0237 e. The highest BCUT2D eigenvalue weighted by atomic mass is 15.1. The zero-order chi connectivity index (χ0) is 12.1. The van der Waals surface area contributed by atoms with Crippen LogP contribution in [-0.4, -0.2) is 24.5 Å². The molecule has 0 saturated heterocycles. The number of nitrogens with two attached hydrogens (primary N) is 1. The highest BCUT2D eigenvalue weighted by Gasteiger charge is 2.07. The lowest BCUT2D eigenvalue weighted by Gasteiger charge is -2.23. The summed E-state index contributed by atoms with van der Waals surface area (Å²) in [6.45, 7) is 6.21. The Kier molecular flexibility index (Phi) is 4.35. The lowest BCUT2D eigenvalue weighted by molar-refractivity contribution is 0.290. The third kappa shape index (κ3) is 3.42. The van der Waals surface area contributed by atoms with Gasteiger partial charge in [0.1, 0.15) is 0 Å². The van der Waals surface area contributed by atoms with Crippen LogP contribution in [0.15, 0.2) is 36.4 Å². The minimum absolute atomic E-state index is 0.460. The second kappa shape index (κ2) is 5.99. The van der Waals surface area contributed by atoms with Crippen LogP contribution in [0.5, 0.6) is 0 Å². The van der Waals surface area contributed by atoms with Gasteiger partial charge in [0, 0.05) is 19.6 Å². The van der Waals surface area contributed by atoms with Crippen molar-refractivity contribution in [1.82, 2.24) is 4.90 Å². The summed E-state index contributed by atoms with van der Waals surface area (Å²) in [5, 5.41) is 0. The fourth-order valence-corrected chi connectivity index (χ4v) is 2.18. The van der Waals surface area contributed by atoms with Gasteiger partial charge in [-0.05, 0) is 30.0 Å². The molecule has 0 aromatic heterocycles. The van der Waals surface area contributed by atoms with Gasteiger partial charge in [-0.15, -0.1) is 0 Å². The molecule has 0 saturated carbocycles. The summed E-state index contributed by atoms with van der Waals surface area (Å²) < 4.78 is 0. The monoisotopic (exact) mass is 230 g/mol. The largest absolute Gasteiger partial charge is 0.330 e. The molecule has 0 spiro atoms. The van der Waals surface area contributed by atoms with Gasteiger partial charge < -0.3 is 5.73 Å². The number of rotatable bonds is 4. The van der Waals surface area contributed by atoms with E-state index in [1.54, 1.807) is 0 Å². The molecule has 1 heterocycles. The van der Waals surface area contributed by atoms with Crippen molar-refractivity contribution in [3.8, 4) is 0 Å². The van der Waals surface area contributed by atoms with Crippen molar-refractivity contribution < 1.29 is 0 Å². The molecule has 1 aromatic carbocycles.